The molecule has 4 rings (SSSR count). The number of furan rings is 1. The Balaban J connectivity index is 1.42. The van der Waals surface area contributed by atoms with Gasteiger partial charge in [-0.1, -0.05) is 29.8 Å². The van der Waals surface area contributed by atoms with E-state index in [0.717, 1.165) is 52.5 Å². The molecule has 3 aromatic heterocycles. The van der Waals surface area contributed by atoms with Gasteiger partial charge in [0.1, 0.15) is 23.9 Å². The molecule has 0 radical (unpaired) electrons. The van der Waals surface area contributed by atoms with Gasteiger partial charge in [-0.15, -0.1) is 0 Å². The minimum atomic E-state index is -0.0756. The lowest BCUT2D eigenvalue weighted by molar-refractivity contribution is 0.232. The Morgan fingerprint density at radius 3 is 2.81 bits per heavy atom. The predicted molar refractivity (Wildman–Crippen MR) is 125 cm³/mol. The van der Waals surface area contributed by atoms with Gasteiger partial charge in [-0.05, 0) is 54.1 Å². The molecule has 0 aliphatic carbocycles. The van der Waals surface area contributed by atoms with Gasteiger partial charge in [0.15, 0.2) is 5.65 Å². The molecule has 4 aromatic rings. The molecule has 0 amide bonds. The number of nitrogens with zero attached hydrogens (tertiary/aromatic N) is 4. The minimum Gasteiger partial charge on any atom is -0.462 e. The highest BCUT2D eigenvalue weighted by Crippen LogP contribution is 2.30. The number of benzene rings is 1. The normalized spacial score (nSPS) is 11.5. The summed E-state index contributed by atoms with van der Waals surface area (Å²) in [6.45, 7) is 2.27. The van der Waals surface area contributed by atoms with E-state index in [2.05, 4.69) is 31.2 Å². The molecule has 7 nitrogen and oxygen atoms in total. The maximum Gasteiger partial charge on any atom is 0.172 e. The van der Waals surface area contributed by atoms with Gasteiger partial charge in [-0.3, -0.25) is 4.90 Å². The van der Waals surface area contributed by atoms with Gasteiger partial charge in [0.2, 0.25) is 0 Å². The van der Waals surface area contributed by atoms with Crippen molar-refractivity contribution < 1.29 is 9.52 Å². The van der Waals surface area contributed by atoms with Crippen LogP contribution in [0.3, 0.4) is 0 Å². The Bertz CT molecular complexity index is 1180. The second-order valence-electron chi connectivity index (χ2n) is 7.28. The van der Waals surface area contributed by atoms with Crippen LogP contribution >= 0.6 is 27.5 Å². The average Bonchev–Trinajstić information content (AvgIpc) is 3.38. The molecule has 162 valence electrons. The maximum atomic E-state index is 9.11. The Hall–Kier alpha value is -2.39. The van der Waals surface area contributed by atoms with E-state index in [1.165, 1.54) is 0 Å². The summed E-state index contributed by atoms with van der Waals surface area (Å²) in [6.07, 6.45) is 2.67. The van der Waals surface area contributed by atoms with Crippen molar-refractivity contribution in [2.75, 3.05) is 25.5 Å². The topological polar surface area (TPSA) is 78.8 Å². The smallest absolute Gasteiger partial charge is 0.172 e. The summed E-state index contributed by atoms with van der Waals surface area (Å²) in [4.78, 5) is 6.92. The number of aliphatic hydroxyl groups excluding tert-OH is 1. The fourth-order valence-electron chi connectivity index (χ4n) is 3.37. The van der Waals surface area contributed by atoms with Crippen LogP contribution in [0.15, 0.2) is 57.6 Å². The number of nitrogens with one attached hydrogen (secondary N) is 1. The average molecular weight is 505 g/mol. The van der Waals surface area contributed by atoms with Crippen LogP contribution in [0.25, 0.3) is 16.9 Å². The molecular weight excluding hydrogens is 482 g/mol. The van der Waals surface area contributed by atoms with Gasteiger partial charge in [0.25, 0.3) is 0 Å². The number of aliphatic hydroxyl groups is 1. The first-order valence-electron chi connectivity index (χ1n) is 9.95. The van der Waals surface area contributed by atoms with E-state index in [9.17, 15) is 0 Å². The van der Waals surface area contributed by atoms with Crippen LogP contribution in [0.4, 0.5) is 5.82 Å². The fourth-order valence-corrected chi connectivity index (χ4v) is 3.95. The summed E-state index contributed by atoms with van der Waals surface area (Å²) in [5, 5.41) is 17.7. The molecule has 0 aliphatic heterocycles. The second-order valence-corrected chi connectivity index (χ2v) is 8.54. The van der Waals surface area contributed by atoms with Crippen LogP contribution in [0.5, 0.6) is 0 Å². The van der Waals surface area contributed by atoms with Crippen LogP contribution < -0.4 is 5.32 Å². The molecule has 0 saturated carbocycles. The molecule has 0 spiro atoms. The summed E-state index contributed by atoms with van der Waals surface area (Å²) >= 11 is 9.92. The number of fused-ring (bicyclic) bond motifs is 1. The van der Waals surface area contributed by atoms with Gasteiger partial charge >= 0.3 is 0 Å². The van der Waals surface area contributed by atoms with E-state index in [0.29, 0.717) is 17.3 Å². The summed E-state index contributed by atoms with van der Waals surface area (Å²) < 4.78 is 8.16. The Morgan fingerprint density at radius 1 is 1.23 bits per heavy atom. The predicted octanol–water partition coefficient (Wildman–Crippen LogP) is 4.83. The van der Waals surface area contributed by atoms with Crippen LogP contribution in [0, 0.1) is 0 Å². The number of aromatic nitrogens is 3. The van der Waals surface area contributed by atoms with Gasteiger partial charge in [0, 0.05) is 23.2 Å². The molecule has 0 aliphatic rings. The standard InChI is InChI=1S/C22H23BrClN5O2/c1-28(13-15-7-8-16(14-30)31-15)10-4-9-25-21-11-20(17-5-2-3-6-19(17)24)27-22-18(23)12-26-29(21)22/h2-3,5-8,11-12,25,30H,4,9-10,13-14H2,1H3. The molecule has 0 bridgehead atoms. The first-order valence-corrected chi connectivity index (χ1v) is 11.1. The second kappa shape index (κ2) is 9.82. The first-order chi connectivity index (χ1) is 15.0. The molecule has 0 atom stereocenters. The van der Waals surface area contributed by atoms with Crippen molar-refractivity contribution in [1.29, 1.82) is 0 Å². The first kappa shape index (κ1) is 21.8. The molecule has 0 saturated heterocycles. The summed E-state index contributed by atoms with van der Waals surface area (Å²) in [6, 6.07) is 13.3. The van der Waals surface area contributed by atoms with Crippen molar-refractivity contribution in [3.63, 3.8) is 0 Å². The van der Waals surface area contributed by atoms with Crippen molar-refractivity contribution in [3.8, 4) is 11.3 Å². The SMILES string of the molecule is CN(CCCNc1cc(-c2ccccc2Cl)nc2c(Br)cnn12)Cc1ccc(CO)o1. The van der Waals surface area contributed by atoms with E-state index in [4.69, 9.17) is 26.1 Å². The summed E-state index contributed by atoms with van der Waals surface area (Å²) in [5.41, 5.74) is 2.40. The van der Waals surface area contributed by atoms with Crippen molar-refractivity contribution in [2.24, 2.45) is 0 Å². The zero-order valence-electron chi connectivity index (χ0n) is 17.1. The highest BCUT2D eigenvalue weighted by Gasteiger charge is 2.13. The van der Waals surface area contributed by atoms with Crippen LogP contribution in [0.1, 0.15) is 17.9 Å². The van der Waals surface area contributed by atoms with Gasteiger partial charge in [0.05, 0.1) is 22.9 Å². The number of anilines is 1. The number of hydrogen-bond acceptors (Lipinski definition) is 6. The highest BCUT2D eigenvalue weighted by molar-refractivity contribution is 9.10. The van der Waals surface area contributed by atoms with Crippen molar-refractivity contribution >= 4 is 39.0 Å². The molecule has 0 unspecified atom stereocenters. The minimum absolute atomic E-state index is 0.0756. The largest absolute Gasteiger partial charge is 0.462 e. The molecule has 0 fully saturated rings. The van der Waals surface area contributed by atoms with Gasteiger partial charge in [-0.2, -0.15) is 9.61 Å². The quantitative estimate of drug-likeness (QED) is 0.318. The monoisotopic (exact) mass is 503 g/mol. The van der Waals surface area contributed by atoms with E-state index in [-0.39, 0.29) is 6.61 Å². The molecule has 9 heteroatoms. The zero-order valence-corrected chi connectivity index (χ0v) is 19.4. The molecule has 2 N–H and O–H groups in total. The lowest BCUT2D eigenvalue weighted by atomic mass is 10.1. The third-order valence-corrected chi connectivity index (χ3v) is 5.79. The zero-order chi connectivity index (χ0) is 21.8. The molecule has 1 aromatic carbocycles. The lowest BCUT2D eigenvalue weighted by Gasteiger charge is -2.16. The highest BCUT2D eigenvalue weighted by atomic mass is 79.9. The van der Waals surface area contributed by atoms with E-state index in [1.807, 2.05) is 43.4 Å². The van der Waals surface area contributed by atoms with Gasteiger partial charge < -0.3 is 14.8 Å². The third kappa shape index (κ3) is 5.10. The third-order valence-electron chi connectivity index (χ3n) is 4.90. The van der Waals surface area contributed by atoms with Crippen molar-refractivity contribution in [3.05, 3.63) is 69.7 Å². The Morgan fingerprint density at radius 2 is 2.03 bits per heavy atom. The summed E-state index contributed by atoms with van der Waals surface area (Å²) in [5.74, 6) is 2.29. The number of rotatable bonds is 9. The van der Waals surface area contributed by atoms with E-state index >= 15 is 0 Å². The Labute approximate surface area is 193 Å². The number of hydrogen-bond donors (Lipinski definition) is 2. The fraction of sp³-hybridized carbons (Fsp3) is 0.273. The van der Waals surface area contributed by atoms with Crippen molar-refractivity contribution in [2.45, 2.75) is 19.6 Å². The van der Waals surface area contributed by atoms with Crippen LogP contribution in [-0.2, 0) is 13.2 Å². The number of halogens is 2. The van der Waals surface area contributed by atoms with Gasteiger partial charge in [-0.25, -0.2) is 4.98 Å². The molecule has 3 heterocycles. The van der Waals surface area contributed by atoms with E-state index < -0.39 is 0 Å². The summed E-state index contributed by atoms with van der Waals surface area (Å²) in [7, 11) is 2.05. The van der Waals surface area contributed by atoms with Crippen molar-refractivity contribution in [1.82, 2.24) is 19.5 Å². The molecular formula is C22H23BrClN5O2. The van der Waals surface area contributed by atoms with E-state index in [1.54, 1.807) is 16.8 Å². The maximum absolute atomic E-state index is 9.11. The van der Waals surface area contributed by atoms with Crippen LogP contribution in [0.2, 0.25) is 5.02 Å². The lowest BCUT2D eigenvalue weighted by Crippen LogP contribution is -2.21. The Kier molecular flexibility index (Phi) is 6.92. The van der Waals surface area contributed by atoms with Crippen LogP contribution in [-0.4, -0.2) is 44.7 Å². The molecule has 31 heavy (non-hydrogen) atoms.